The molecule has 106 valence electrons. The summed E-state index contributed by atoms with van der Waals surface area (Å²) >= 11 is 0. The van der Waals surface area contributed by atoms with Crippen LogP contribution in [-0.4, -0.2) is 51.3 Å². The molecule has 1 saturated heterocycles. The number of hydrogen-bond donors (Lipinski definition) is 2. The number of ether oxygens (including phenoxy) is 1. The molecule has 1 heterocycles. The van der Waals surface area contributed by atoms with Gasteiger partial charge in [0.15, 0.2) is 0 Å². The predicted octanol–water partition coefficient (Wildman–Crippen LogP) is 1.08. The Kier molecular flexibility index (Phi) is 6.14. The van der Waals surface area contributed by atoms with Crippen molar-refractivity contribution in [3.8, 4) is 5.75 Å². The highest BCUT2D eigenvalue weighted by atomic mass is 16.5. The van der Waals surface area contributed by atoms with Crippen LogP contribution in [0.1, 0.15) is 12.0 Å². The van der Waals surface area contributed by atoms with Crippen molar-refractivity contribution in [2.24, 2.45) is 0 Å². The maximum Gasteiger partial charge on any atom is 0.123 e. The highest BCUT2D eigenvalue weighted by Crippen LogP contribution is 2.16. The lowest BCUT2D eigenvalue weighted by Crippen LogP contribution is -2.44. The normalized spacial score (nSPS) is 16.5. The summed E-state index contributed by atoms with van der Waals surface area (Å²) in [4.78, 5) is 2.53. The Morgan fingerprint density at radius 2 is 2.05 bits per heavy atom. The molecule has 0 unspecified atom stereocenters. The average molecular weight is 263 g/mol. The quantitative estimate of drug-likeness (QED) is 0.722. The van der Waals surface area contributed by atoms with Crippen LogP contribution in [0.15, 0.2) is 24.3 Å². The molecule has 4 heteroatoms. The van der Waals surface area contributed by atoms with Gasteiger partial charge in [-0.05, 0) is 25.6 Å². The van der Waals surface area contributed by atoms with Crippen LogP contribution < -0.4 is 15.4 Å². The minimum absolute atomic E-state index is 0.881. The Bertz CT molecular complexity index is 364. The van der Waals surface area contributed by atoms with E-state index in [9.17, 15) is 0 Å². The summed E-state index contributed by atoms with van der Waals surface area (Å²) in [5, 5.41) is 6.87. The van der Waals surface area contributed by atoms with Gasteiger partial charge in [0.1, 0.15) is 5.75 Å². The van der Waals surface area contributed by atoms with Crippen molar-refractivity contribution in [3.05, 3.63) is 29.8 Å². The Balaban J connectivity index is 1.61. The Hall–Kier alpha value is -1.10. The molecule has 0 aromatic heterocycles. The van der Waals surface area contributed by atoms with Crippen molar-refractivity contribution in [3.63, 3.8) is 0 Å². The average Bonchev–Trinajstić information content (AvgIpc) is 2.48. The third-order valence-corrected chi connectivity index (χ3v) is 3.55. The molecular weight excluding hydrogens is 238 g/mol. The third-order valence-electron chi connectivity index (χ3n) is 3.55. The molecule has 19 heavy (non-hydrogen) atoms. The van der Waals surface area contributed by atoms with E-state index in [-0.39, 0.29) is 0 Å². The zero-order valence-corrected chi connectivity index (χ0v) is 11.8. The van der Waals surface area contributed by atoms with Gasteiger partial charge in [-0.15, -0.1) is 0 Å². The van der Waals surface area contributed by atoms with E-state index < -0.39 is 0 Å². The SMILES string of the molecule is COc1ccccc1CNCCCN1CCNCC1. The van der Waals surface area contributed by atoms with E-state index in [4.69, 9.17) is 4.74 Å². The number of hydrogen-bond acceptors (Lipinski definition) is 4. The highest BCUT2D eigenvalue weighted by molar-refractivity contribution is 5.32. The molecule has 0 atom stereocenters. The number of para-hydroxylation sites is 1. The Morgan fingerprint density at radius 3 is 2.84 bits per heavy atom. The van der Waals surface area contributed by atoms with Gasteiger partial charge in [0.25, 0.3) is 0 Å². The number of nitrogens with zero attached hydrogens (tertiary/aromatic N) is 1. The first kappa shape index (κ1) is 14.3. The first-order valence-corrected chi connectivity index (χ1v) is 7.16. The number of piperazine rings is 1. The molecule has 1 fully saturated rings. The molecule has 1 aromatic carbocycles. The van der Waals surface area contributed by atoms with E-state index in [2.05, 4.69) is 27.7 Å². The Morgan fingerprint density at radius 1 is 1.26 bits per heavy atom. The van der Waals surface area contributed by atoms with E-state index in [0.717, 1.165) is 31.9 Å². The van der Waals surface area contributed by atoms with Crippen LogP contribution in [0, 0.1) is 0 Å². The van der Waals surface area contributed by atoms with Crippen LogP contribution in [-0.2, 0) is 6.54 Å². The summed E-state index contributed by atoms with van der Waals surface area (Å²) in [5.74, 6) is 0.970. The minimum Gasteiger partial charge on any atom is -0.496 e. The maximum absolute atomic E-state index is 5.34. The molecular formula is C15H25N3O. The largest absolute Gasteiger partial charge is 0.496 e. The molecule has 2 N–H and O–H groups in total. The van der Waals surface area contributed by atoms with E-state index in [1.54, 1.807) is 7.11 Å². The molecule has 0 bridgehead atoms. The second kappa shape index (κ2) is 8.15. The van der Waals surface area contributed by atoms with Gasteiger partial charge in [0.2, 0.25) is 0 Å². The molecule has 0 spiro atoms. The van der Waals surface area contributed by atoms with E-state index in [0.29, 0.717) is 0 Å². The standard InChI is InChI=1S/C15H25N3O/c1-19-15-6-3-2-5-14(15)13-17-7-4-10-18-11-8-16-9-12-18/h2-3,5-6,16-17H,4,7-13H2,1H3. The maximum atomic E-state index is 5.34. The van der Waals surface area contributed by atoms with Gasteiger partial charge in [-0.25, -0.2) is 0 Å². The van der Waals surface area contributed by atoms with Crippen molar-refractivity contribution in [2.75, 3.05) is 46.4 Å². The van der Waals surface area contributed by atoms with Crippen LogP contribution in [0.4, 0.5) is 0 Å². The fourth-order valence-electron chi connectivity index (χ4n) is 2.43. The summed E-state index contributed by atoms with van der Waals surface area (Å²) in [5.41, 5.74) is 1.23. The number of methoxy groups -OCH3 is 1. The first-order chi connectivity index (χ1) is 9.40. The van der Waals surface area contributed by atoms with Gasteiger partial charge >= 0.3 is 0 Å². The monoisotopic (exact) mass is 263 g/mol. The summed E-state index contributed by atoms with van der Waals surface area (Å²) in [6.45, 7) is 7.77. The van der Waals surface area contributed by atoms with Gasteiger partial charge in [0.05, 0.1) is 7.11 Å². The van der Waals surface area contributed by atoms with E-state index >= 15 is 0 Å². The third kappa shape index (κ3) is 4.82. The lowest BCUT2D eigenvalue weighted by atomic mass is 10.2. The minimum atomic E-state index is 0.881. The van der Waals surface area contributed by atoms with Crippen LogP contribution in [0.3, 0.4) is 0 Å². The first-order valence-electron chi connectivity index (χ1n) is 7.16. The van der Waals surface area contributed by atoms with Gasteiger partial charge in [-0.2, -0.15) is 0 Å². The Labute approximate surface area is 116 Å². The zero-order chi connectivity index (χ0) is 13.3. The van der Waals surface area contributed by atoms with Crippen molar-refractivity contribution < 1.29 is 4.74 Å². The van der Waals surface area contributed by atoms with Gasteiger partial charge in [-0.1, -0.05) is 18.2 Å². The predicted molar refractivity (Wildman–Crippen MR) is 78.6 cm³/mol. The molecule has 1 aliphatic heterocycles. The van der Waals surface area contributed by atoms with Gasteiger partial charge in [0, 0.05) is 38.3 Å². The molecule has 4 nitrogen and oxygen atoms in total. The number of nitrogens with one attached hydrogen (secondary N) is 2. The fraction of sp³-hybridized carbons (Fsp3) is 0.600. The zero-order valence-electron chi connectivity index (χ0n) is 11.8. The van der Waals surface area contributed by atoms with Crippen molar-refractivity contribution in [1.29, 1.82) is 0 Å². The van der Waals surface area contributed by atoms with Crippen molar-refractivity contribution in [2.45, 2.75) is 13.0 Å². The second-order valence-electron chi connectivity index (χ2n) is 4.93. The molecule has 1 aliphatic rings. The van der Waals surface area contributed by atoms with Crippen LogP contribution in [0.5, 0.6) is 5.75 Å². The molecule has 0 amide bonds. The fourth-order valence-corrected chi connectivity index (χ4v) is 2.43. The number of rotatable bonds is 7. The second-order valence-corrected chi connectivity index (χ2v) is 4.93. The van der Waals surface area contributed by atoms with Crippen LogP contribution in [0.25, 0.3) is 0 Å². The summed E-state index contributed by atoms with van der Waals surface area (Å²) in [7, 11) is 1.73. The molecule has 2 rings (SSSR count). The van der Waals surface area contributed by atoms with Crippen molar-refractivity contribution >= 4 is 0 Å². The van der Waals surface area contributed by atoms with Crippen molar-refractivity contribution in [1.82, 2.24) is 15.5 Å². The van der Waals surface area contributed by atoms with Gasteiger partial charge < -0.3 is 20.3 Å². The summed E-state index contributed by atoms with van der Waals surface area (Å²) in [6, 6.07) is 8.19. The number of benzene rings is 1. The van der Waals surface area contributed by atoms with Crippen LogP contribution >= 0.6 is 0 Å². The van der Waals surface area contributed by atoms with E-state index in [1.807, 2.05) is 12.1 Å². The lowest BCUT2D eigenvalue weighted by molar-refractivity contribution is 0.237. The van der Waals surface area contributed by atoms with Crippen LogP contribution in [0.2, 0.25) is 0 Å². The highest BCUT2D eigenvalue weighted by Gasteiger charge is 2.08. The molecule has 0 saturated carbocycles. The molecule has 0 aliphatic carbocycles. The topological polar surface area (TPSA) is 36.5 Å². The summed E-state index contributed by atoms with van der Waals surface area (Å²) < 4.78 is 5.34. The smallest absolute Gasteiger partial charge is 0.123 e. The summed E-state index contributed by atoms with van der Waals surface area (Å²) in [6.07, 6.45) is 1.20. The molecule has 0 radical (unpaired) electrons. The lowest BCUT2D eigenvalue weighted by Gasteiger charge is -2.27. The molecule has 1 aromatic rings. The van der Waals surface area contributed by atoms with E-state index in [1.165, 1.54) is 31.6 Å². The van der Waals surface area contributed by atoms with Gasteiger partial charge in [-0.3, -0.25) is 0 Å².